The summed E-state index contributed by atoms with van der Waals surface area (Å²) in [4.78, 5) is 7.46. The van der Waals surface area contributed by atoms with Gasteiger partial charge in [-0.1, -0.05) is 20.8 Å². The number of hydrogen-bond acceptors (Lipinski definition) is 6. The Morgan fingerprint density at radius 1 is 1.26 bits per heavy atom. The molecule has 1 aliphatic heterocycles. The topological polar surface area (TPSA) is 96.2 Å². The summed E-state index contributed by atoms with van der Waals surface area (Å²) in [5, 5.41) is 16.9. The van der Waals surface area contributed by atoms with E-state index < -0.39 is 22.7 Å². The van der Waals surface area contributed by atoms with Crippen molar-refractivity contribution in [2.24, 2.45) is 5.92 Å². The zero-order valence-electron chi connectivity index (χ0n) is 17.8. The molecule has 174 valence electrons. The van der Waals surface area contributed by atoms with Gasteiger partial charge in [0, 0.05) is 50.9 Å². The van der Waals surface area contributed by atoms with Gasteiger partial charge < -0.3 is 10.4 Å². The molecule has 3 rings (SSSR count). The fourth-order valence-corrected chi connectivity index (χ4v) is 4.10. The molecule has 2 N–H and O–H groups in total. The van der Waals surface area contributed by atoms with Gasteiger partial charge in [0.1, 0.15) is 11.0 Å². The molecule has 31 heavy (non-hydrogen) atoms. The van der Waals surface area contributed by atoms with E-state index in [-0.39, 0.29) is 24.5 Å². The number of nitrogens with zero attached hydrogens (tertiary/aromatic N) is 5. The number of hydrogen-bond donors (Lipinski definition) is 2. The maximum absolute atomic E-state index is 12.7. The largest absolute Gasteiger partial charge is 0.419 e. The first-order chi connectivity index (χ1) is 14.8. The van der Waals surface area contributed by atoms with E-state index in [4.69, 9.17) is 5.11 Å². The van der Waals surface area contributed by atoms with Gasteiger partial charge in [-0.25, -0.2) is 18.5 Å². The number of anilines is 1. The Labute approximate surface area is 182 Å². The van der Waals surface area contributed by atoms with Gasteiger partial charge in [0.05, 0.1) is 5.56 Å². The predicted molar refractivity (Wildman–Crippen MR) is 111 cm³/mol. The minimum Gasteiger partial charge on any atom is -0.396 e. The van der Waals surface area contributed by atoms with Crippen molar-refractivity contribution in [1.29, 1.82) is 0 Å². The van der Waals surface area contributed by atoms with E-state index in [1.54, 1.807) is 16.9 Å². The van der Waals surface area contributed by atoms with Crippen LogP contribution < -0.4 is 5.32 Å². The number of rotatable bonds is 7. The highest BCUT2D eigenvalue weighted by atomic mass is 32.2. The number of aliphatic hydroxyl groups is 1. The molecule has 0 saturated carbocycles. The van der Waals surface area contributed by atoms with E-state index in [2.05, 4.69) is 20.4 Å². The van der Waals surface area contributed by atoms with Gasteiger partial charge in [0.15, 0.2) is 5.03 Å². The first-order valence-corrected chi connectivity index (χ1v) is 11.3. The SMILES string of the molecule is CC.CC(CO)Cn1ccc(S(=O)N2CCC(Nc3ncc(C(F)(F)F)cn3)CC2)n1. The number of aromatic nitrogens is 4. The molecule has 0 aromatic carbocycles. The van der Waals surface area contributed by atoms with Crippen LogP contribution in [0.1, 0.15) is 39.2 Å². The van der Waals surface area contributed by atoms with Gasteiger partial charge in [-0.15, -0.1) is 0 Å². The van der Waals surface area contributed by atoms with Gasteiger partial charge >= 0.3 is 6.18 Å². The Morgan fingerprint density at radius 2 is 1.87 bits per heavy atom. The molecule has 1 aliphatic rings. The van der Waals surface area contributed by atoms with E-state index >= 15 is 0 Å². The van der Waals surface area contributed by atoms with Gasteiger partial charge in [-0.3, -0.25) is 4.68 Å². The lowest BCUT2D eigenvalue weighted by atomic mass is 10.1. The summed E-state index contributed by atoms with van der Waals surface area (Å²) in [6.45, 7) is 7.60. The third-order valence-electron chi connectivity index (χ3n) is 4.61. The number of halogens is 3. The van der Waals surface area contributed by atoms with Crippen LogP contribution >= 0.6 is 0 Å². The Kier molecular flexibility index (Phi) is 9.38. The zero-order valence-corrected chi connectivity index (χ0v) is 18.7. The first kappa shape index (κ1) is 25.2. The first-order valence-electron chi connectivity index (χ1n) is 10.2. The second kappa shape index (κ2) is 11.5. The summed E-state index contributed by atoms with van der Waals surface area (Å²) in [6.07, 6.45) is 0.102. The van der Waals surface area contributed by atoms with E-state index in [0.29, 0.717) is 37.5 Å². The summed E-state index contributed by atoms with van der Waals surface area (Å²) in [5.74, 6) is 0.208. The number of piperidine rings is 1. The fourth-order valence-electron chi connectivity index (χ4n) is 2.94. The van der Waals surface area contributed by atoms with Crippen LogP contribution in [0.2, 0.25) is 0 Å². The number of alkyl halides is 3. The molecule has 2 aromatic rings. The third kappa shape index (κ3) is 7.25. The van der Waals surface area contributed by atoms with E-state index in [0.717, 1.165) is 12.4 Å². The minimum atomic E-state index is -4.46. The predicted octanol–water partition coefficient (Wildman–Crippen LogP) is 2.95. The quantitative estimate of drug-likeness (QED) is 0.657. The molecule has 2 unspecified atom stereocenters. The van der Waals surface area contributed by atoms with Crippen molar-refractivity contribution in [3.05, 3.63) is 30.2 Å². The molecule has 0 aliphatic carbocycles. The maximum atomic E-state index is 12.7. The van der Waals surface area contributed by atoms with E-state index in [1.165, 1.54) is 0 Å². The van der Waals surface area contributed by atoms with Crippen LogP contribution in [0.5, 0.6) is 0 Å². The fraction of sp³-hybridized carbons (Fsp3) is 0.632. The Balaban J connectivity index is 0.00000166. The molecule has 8 nitrogen and oxygen atoms in total. The lowest BCUT2D eigenvalue weighted by Gasteiger charge is -2.30. The maximum Gasteiger partial charge on any atom is 0.419 e. The molecule has 0 spiro atoms. The molecule has 0 radical (unpaired) electrons. The van der Waals surface area contributed by atoms with Crippen molar-refractivity contribution in [3.8, 4) is 0 Å². The van der Waals surface area contributed by atoms with Crippen molar-refractivity contribution < 1.29 is 22.5 Å². The van der Waals surface area contributed by atoms with Gasteiger partial charge in [-0.05, 0) is 24.8 Å². The highest BCUT2D eigenvalue weighted by molar-refractivity contribution is 7.82. The van der Waals surface area contributed by atoms with Crippen LogP contribution in [0, 0.1) is 5.92 Å². The lowest BCUT2D eigenvalue weighted by Crippen LogP contribution is -2.40. The molecule has 0 amide bonds. The minimum absolute atomic E-state index is 0.0112. The van der Waals surface area contributed by atoms with Crippen molar-refractivity contribution in [2.75, 3.05) is 25.0 Å². The second-order valence-electron chi connectivity index (χ2n) is 7.05. The average Bonchev–Trinajstić information content (AvgIpc) is 3.23. The third-order valence-corrected chi connectivity index (χ3v) is 6.02. The summed E-state index contributed by atoms with van der Waals surface area (Å²) in [7, 11) is -1.39. The average molecular weight is 463 g/mol. The van der Waals surface area contributed by atoms with Crippen LogP contribution in [0.25, 0.3) is 0 Å². The second-order valence-corrected chi connectivity index (χ2v) is 8.49. The molecular weight excluding hydrogens is 433 g/mol. The highest BCUT2D eigenvalue weighted by Gasteiger charge is 2.31. The zero-order chi connectivity index (χ0) is 23.0. The van der Waals surface area contributed by atoms with Crippen LogP contribution in [0.15, 0.2) is 29.7 Å². The normalized spacial score (nSPS) is 17.5. The van der Waals surface area contributed by atoms with Gasteiger partial charge in [-0.2, -0.15) is 18.3 Å². The molecule has 1 fully saturated rings. The summed E-state index contributed by atoms with van der Waals surface area (Å²) in [5.41, 5.74) is -0.888. The standard InChI is InChI=1S/C17H23F3N6O2S.C2H6/c1-12(11-27)10-25-5-4-15(24-25)29(28)26-6-2-14(3-7-26)23-16-21-8-13(9-22-16)17(18,19)20;1-2/h4-5,8-9,12,14,27H,2-3,6-7,10-11H2,1H3,(H,21,22,23);1-2H3. The van der Waals surface area contributed by atoms with Crippen molar-refractivity contribution in [2.45, 2.75) is 57.4 Å². The Hall–Kier alpha value is -2.05. The van der Waals surface area contributed by atoms with Gasteiger partial charge in [0.2, 0.25) is 5.95 Å². The molecule has 1 saturated heterocycles. The summed E-state index contributed by atoms with van der Waals surface area (Å²) < 4.78 is 53.9. The number of nitrogens with one attached hydrogen (secondary N) is 1. The van der Waals surface area contributed by atoms with Crippen molar-refractivity contribution in [3.63, 3.8) is 0 Å². The molecule has 2 atom stereocenters. The number of aliphatic hydroxyl groups excluding tert-OH is 1. The van der Waals surface area contributed by atoms with Crippen LogP contribution in [-0.4, -0.2) is 59.1 Å². The van der Waals surface area contributed by atoms with Crippen LogP contribution in [0.4, 0.5) is 19.1 Å². The molecule has 0 bridgehead atoms. The Bertz CT molecular complexity index is 823. The molecule has 3 heterocycles. The highest BCUT2D eigenvalue weighted by Crippen LogP contribution is 2.28. The van der Waals surface area contributed by atoms with Crippen molar-refractivity contribution in [1.82, 2.24) is 24.1 Å². The smallest absolute Gasteiger partial charge is 0.396 e. The van der Waals surface area contributed by atoms with Crippen molar-refractivity contribution >= 4 is 16.9 Å². The molecular formula is C19H29F3N6O2S. The van der Waals surface area contributed by atoms with Crippen LogP contribution in [0.3, 0.4) is 0 Å². The van der Waals surface area contributed by atoms with E-state index in [9.17, 15) is 17.4 Å². The molecule has 2 aromatic heterocycles. The summed E-state index contributed by atoms with van der Waals surface area (Å²) in [6, 6.07) is 1.70. The lowest BCUT2D eigenvalue weighted by molar-refractivity contribution is -0.138. The monoisotopic (exact) mass is 462 g/mol. The molecule has 12 heteroatoms. The van der Waals surface area contributed by atoms with Gasteiger partial charge in [0.25, 0.3) is 0 Å². The summed E-state index contributed by atoms with van der Waals surface area (Å²) >= 11 is 0. The van der Waals surface area contributed by atoms with Crippen LogP contribution in [-0.2, 0) is 23.7 Å². The van der Waals surface area contributed by atoms with E-state index in [1.807, 2.05) is 25.1 Å². The Morgan fingerprint density at radius 3 is 2.42 bits per heavy atom.